The van der Waals surface area contributed by atoms with Crippen LogP contribution in [-0.4, -0.2) is 70.9 Å². The molecule has 0 saturated heterocycles. The first kappa shape index (κ1) is 17.4. The van der Waals surface area contributed by atoms with Crippen molar-refractivity contribution in [2.75, 3.05) is 32.8 Å². The van der Waals surface area contributed by atoms with E-state index in [2.05, 4.69) is 15.9 Å². The molecule has 126 valence electrons. The number of amides is 1. The maximum atomic E-state index is 12.0. The summed E-state index contributed by atoms with van der Waals surface area (Å²) in [4.78, 5) is 16.2. The van der Waals surface area contributed by atoms with Gasteiger partial charge >= 0.3 is 0 Å². The zero-order valence-electron chi connectivity index (χ0n) is 13.7. The van der Waals surface area contributed by atoms with Crippen molar-refractivity contribution in [2.45, 2.75) is 57.6 Å². The molecule has 0 bridgehead atoms. The van der Waals surface area contributed by atoms with Crippen molar-refractivity contribution in [3.05, 3.63) is 11.6 Å². The lowest BCUT2D eigenvalue weighted by Crippen LogP contribution is -2.43. The molecule has 0 spiro atoms. The Labute approximate surface area is 133 Å². The van der Waals surface area contributed by atoms with Crippen molar-refractivity contribution in [3.8, 4) is 0 Å². The largest absolute Gasteiger partial charge is 0.394 e. The van der Waals surface area contributed by atoms with Crippen molar-refractivity contribution in [3.63, 3.8) is 0 Å². The third kappa shape index (κ3) is 5.07. The number of nitrogens with zero attached hydrogens (tertiary/aromatic N) is 2. The zero-order valence-corrected chi connectivity index (χ0v) is 13.7. The number of hydrogen-bond acceptors (Lipinski definition) is 4. The third-order valence-corrected chi connectivity index (χ3v) is 4.86. The van der Waals surface area contributed by atoms with Gasteiger partial charge in [-0.05, 0) is 19.3 Å². The molecule has 22 heavy (non-hydrogen) atoms. The van der Waals surface area contributed by atoms with Gasteiger partial charge in [-0.25, -0.2) is 0 Å². The van der Waals surface area contributed by atoms with Crippen LogP contribution in [0.4, 0.5) is 0 Å². The Bertz CT molecular complexity index is 391. The summed E-state index contributed by atoms with van der Waals surface area (Å²) >= 11 is 0. The summed E-state index contributed by atoms with van der Waals surface area (Å²) in [5, 5.41) is 18.4. The van der Waals surface area contributed by atoms with E-state index in [-0.39, 0.29) is 12.5 Å². The first-order valence-corrected chi connectivity index (χ1v) is 8.56. The van der Waals surface area contributed by atoms with Crippen LogP contribution in [0.25, 0.3) is 0 Å². The van der Waals surface area contributed by atoms with Crippen LogP contribution in [0, 0.1) is 0 Å². The predicted molar refractivity (Wildman–Crippen MR) is 86.5 cm³/mol. The maximum absolute atomic E-state index is 12.0. The van der Waals surface area contributed by atoms with Crippen LogP contribution in [0.1, 0.15) is 45.4 Å². The fraction of sp³-hybridized carbons (Fsp3) is 0.824. The molecule has 2 rings (SSSR count). The van der Waals surface area contributed by atoms with Gasteiger partial charge in [-0.3, -0.25) is 9.69 Å². The van der Waals surface area contributed by atoms with Gasteiger partial charge in [0.05, 0.1) is 12.7 Å². The van der Waals surface area contributed by atoms with Crippen molar-refractivity contribution >= 4 is 5.91 Å². The van der Waals surface area contributed by atoms with Crippen LogP contribution in [0.3, 0.4) is 0 Å². The minimum Gasteiger partial charge on any atom is -0.394 e. The monoisotopic (exact) mass is 310 g/mol. The average molecular weight is 310 g/mol. The molecule has 0 aromatic heterocycles. The lowest BCUT2D eigenvalue weighted by Gasteiger charge is -2.36. The summed E-state index contributed by atoms with van der Waals surface area (Å²) in [6.45, 7) is 4.45. The van der Waals surface area contributed by atoms with Gasteiger partial charge in [0.15, 0.2) is 0 Å². The molecule has 0 radical (unpaired) electrons. The lowest BCUT2D eigenvalue weighted by atomic mass is 9.93. The van der Waals surface area contributed by atoms with E-state index >= 15 is 0 Å². The Morgan fingerprint density at radius 2 is 2.14 bits per heavy atom. The maximum Gasteiger partial charge on any atom is 0.219 e. The Morgan fingerprint density at radius 3 is 2.68 bits per heavy atom. The van der Waals surface area contributed by atoms with Gasteiger partial charge in [-0.15, -0.1) is 0 Å². The second-order valence-electron chi connectivity index (χ2n) is 6.65. The molecule has 1 aliphatic carbocycles. The molecule has 2 N–H and O–H groups in total. The highest BCUT2D eigenvalue weighted by molar-refractivity contribution is 5.74. The summed E-state index contributed by atoms with van der Waals surface area (Å²) in [6, 6.07) is 0.418. The highest BCUT2D eigenvalue weighted by Gasteiger charge is 2.25. The van der Waals surface area contributed by atoms with Gasteiger partial charge in [-0.2, -0.15) is 0 Å². The topological polar surface area (TPSA) is 64.0 Å². The molecular formula is C17H30N2O3. The molecule has 1 amide bonds. The fourth-order valence-corrected chi connectivity index (χ4v) is 3.53. The number of carbonyl (C=O) groups is 1. The van der Waals surface area contributed by atoms with Crippen LogP contribution in [0.15, 0.2) is 11.6 Å². The summed E-state index contributed by atoms with van der Waals surface area (Å²) in [6.07, 6.45) is 8.52. The van der Waals surface area contributed by atoms with Crippen LogP contribution in [0.5, 0.6) is 0 Å². The van der Waals surface area contributed by atoms with E-state index in [0.29, 0.717) is 12.6 Å². The Hall–Kier alpha value is -0.910. The minimum absolute atomic E-state index is 0.186. The van der Waals surface area contributed by atoms with Gasteiger partial charge in [0.25, 0.3) is 0 Å². The number of hydrogen-bond donors (Lipinski definition) is 2. The normalized spacial score (nSPS) is 22.2. The van der Waals surface area contributed by atoms with Gasteiger partial charge in [0.2, 0.25) is 5.91 Å². The number of rotatable bonds is 6. The Morgan fingerprint density at radius 1 is 1.41 bits per heavy atom. The third-order valence-electron chi connectivity index (χ3n) is 4.86. The fourth-order valence-electron chi connectivity index (χ4n) is 3.53. The van der Waals surface area contributed by atoms with E-state index in [0.717, 1.165) is 38.9 Å². The predicted octanol–water partition coefficient (Wildman–Crippen LogP) is 1.15. The lowest BCUT2D eigenvalue weighted by molar-refractivity contribution is -0.131. The summed E-state index contributed by atoms with van der Waals surface area (Å²) in [5.74, 6) is 0.186. The minimum atomic E-state index is -0.661. The van der Waals surface area contributed by atoms with Gasteiger partial charge in [0, 0.05) is 39.1 Å². The molecule has 1 heterocycles. The standard InChI is InChI=1S/C17H30N2O3/c1-14(21)19(16-5-3-2-4-6-16)11-15-7-9-18(10-8-15)12-17(22)13-20/h7,16-17,20,22H,2-6,8-13H2,1H3/t17-/m0/s1. The number of β-amino-alcohol motifs (C(OH)–C–C–N with tert-alkyl or cyclic N) is 1. The first-order valence-electron chi connectivity index (χ1n) is 8.56. The molecule has 0 unspecified atom stereocenters. The molecule has 1 saturated carbocycles. The molecule has 2 aliphatic rings. The molecule has 0 aromatic rings. The molecule has 0 aromatic carbocycles. The quantitative estimate of drug-likeness (QED) is 0.723. The van der Waals surface area contributed by atoms with E-state index < -0.39 is 6.10 Å². The van der Waals surface area contributed by atoms with Crippen molar-refractivity contribution in [1.29, 1.82) is 0 Å². The van der Waals surface area contributed by atoms with Crippen molar-refractivity contribution in [1.82, 2.24) is 9.80 Å². The molecule has 5 heteroatoms. The molecule has 1 fully saturated rings. The summed E-state index contributed by atoms with van der Waals surface area (Å²) in [5.41, 5.74) is 1.33. The molecule has 1 aliphatic heterocycles. The van der Waals surface area contributed by atoms with E-state index in [4.69, 9.17) is 5.11 Å². The number of aliphatic hydroxyl groups is 2. The van der Waals surface area contributed by atoms with Crippen molar-refractivity contribution in [2.24, 2.45) is 0 Å². The van der Waals surface area contributed by atoms with Crippen molar-refractivity contribution < 1.29 is 15.0 Å². The second-order valence-corrected chi connectivity index (χ2v) is 6.65. The van der Waals surface area contributed by atoms with E-state index in [9.17, 15) is 9.90 Å². The smallest absolute Gasteiger partial charge is 0.219 e. The van der Waals surface area contributed by atoms with Crippen LogP contribution in [0.2, 0.25) is 0 Å². The van der Waals surface area contributed by atoms with Gasteiger partial charge in [-0.1, -0.05) is 30.9 Å². The summed E-state index contributed by atoms with van der Waals surface area (Å²) in [7, 11) is 0. The SMILES string of the molecule is CC(=O)N(CC1=CCN(C[C@H](O)CO)CC1)C1CCCCC1. The van der Waals surface area contributed by atoms with Crippen LogP contribution in [-0.2, 0) is 4.79 Å². The highest BCUT2D eigenvalue weighted by Crippen LogP contribution is 2.24. The molecule has 1 atom stereocenters. The summed E-state index contributed by atoms with van der Waals surface area (Å²) < 4.78 is 0. The molecular weight excluding hydrogens is 280 g/mol. The van der Waals surface area contributed by atoms with E-state index in [1.807, 2.05) is 0 Å². The number of aliphatic hydroxyl groups excluding tert-OH is 2. The van der Waals surface area contributed by atoms with E-state index in [1.54, 1.807) is 6.92 Å². The Balaban J connectivity index is 1.87. The van der Waals surface area contributed by atoms with Crippen LogP contribution < -0.4 is 0 Å². The Kier molecular flexibility index (Phi) is 6.86. The second kappa shape index (κ2) is 8.65. The number of carbonyl (C=O) groups excluding carboxylic acids is 1. The van der Waals surface area contributed by atoms with Gasteiger partial charge < -0.3 is 15.1 Å². The molecule has 5 nitrogen and oxygen atoms in total. The highest BCUT2D eigenvalue weighted by atomic mass is 16.3. The average Bonchev–Trinajstić information content (AvgIpc) is 2.54. The first-order chi connectivity index (χ1) is 10.6. The zero-order chi connectivity index (χ0) is 15.9. The van der Waals surface area contributed by atoms with E-state index in [1.165, 1.54) is 24.8 Å². The van der Waals surface area contributed by atoms with Crippen LogP contribution >= 0.6 is 0 Å². The van der Waals surface area contributed by atoms with Gasteiger partial charge in [0.1, 0.15) is 0 Å².